The number of hydrogen-bond acceptors (Lipinski definition) is 5. The van der Waals surface area contributed by atoms with Gasteiger partial charge in [-0.2, -0.15) is 0 Å². The molecule has 0 saturated carbocycles. The van der Waals surface area contributed by atoms with Crippen LogP contribution < -0.4 is 14.8 Å². The molecule has 0 fully saturated rings. The number of fused-ring (bicyclic) bond motifs is 1. The SMILES string of the molecule is COc1ccccc1OCCC(=O)OCC(=O)NC1CCCc2ccccc21. The number of carbonyl (C=O) groups excluding carboxylic acids is 2. The van der Waals surface area contributed by atoms with Gasteiger partial charge in [0.15, 0.2) is 18.1 Å². The zero-order valence-corrected chi connectivity index (χ0v) is 16.0. The fourth-order valence-corrected chi connectivity index (χ4v) is 3.34. The molecule has 6 nitrogen and oxygen atoms in total. The van der Waals surface area contributed by atoms with Crippen molar-refractivity contribution >= 4 is 11.9 Å². The van der Waals surface area contributed by atoms with Crippen LogP contribution in [0.3, 0.4) is 0 Å². The van der Waals surface area contributed by atoms with Crippen LogP contribution >= 0.6 is 0 Å². The number of rotatable bonds is 8. The van der Waals surface area contributed by atoms with Gasteiger partial charge in [0.25, 0.3) is 5.91 Å². The van der Waals surface area contributed by atoms with E-state index in [4.69, 9.17) is 14.2 Å². The minimum Gasteiger partial charge on any atom is -0.493 e. The Morgan fingerprint density at radius 3 is 2.64 bits per heavy atom. The first-order valence-corrected chi connectivity index (χ1v) is 9.46. The molecule has 0 radical (unpaired) electrons. The lowest BCUT2D eigenvalue weighted by Gasteiger charge is -2.26. The number of hydrogen-bond donors (Lipinski definition) is 1. The first kappa shape index (κ1) is 19.7. The lowest BCUT2D eigenvalue weighted by atomic mass is 9.88. The summed E-state index contributed by atoms with van der Waals surface area (Å²) < 4.78 is 15.8. The van der Waals surface area contributed by atoms with Crippen molar-refractivity contribution in [1.82, 2.24) is 5.32 Å². The van der Waals surface area contributed by atoms with E-state index in [1.54, 1.807) is 19.2 Å². The second kappa shape index (κ2) is 9.78. The second-order valence-corrected chi connectivity index (χ2v) is 6.62. The van der Waals surface area contributed by atoms with E-state index in [0.717, 1.165) is 24.8 Å². The normalized spacial score (nSPS) is 15.2. The van der Waals surface area contributed by atoms with Crippen molar-refractivity contribution in [2.24, 2.45) is 0 Å². The van der Waals surface area contributed by atoms with Crippen LogP contribution in [0.4, 0.5) is 0 Å². The van der Waals surface area contributed by atoms with Crippen molar-refractivity contribution in [1.29, 1.82) is 0 Å². The van der Waals surface area contributed by atoms with Crippen molar-refractivity contribution < 1.29 is 23.8 Å². The van der Waals surface area contributed by atoms with Gasteiger partial charge in [-0.15, -0.1) is 0 Å². The summed E-state index contributed by atoms with van der Waals surface area (Å²) in [6, 6.07) is 15.3. The highest BCUT2D eigenvalue weighted by Gasteiger charge is 2.21. The summed E-state index contributed by atoms with van der Waals surface area (Å²) >= 11 is 0. The Hall–Kier alpha value is -3.02. The number of para-hydroxylation sites is 2. The van der Waals surface area contributed by atoms with E-state index in [2.05, 4.69) is 11.4 Å². The molecular formula is C22H25NO5. The molecule has 6 heteroatoms. The highest BCUT2D eigenvalue weighted by Crippen LogP contribution is 2.29. The molecular weight excluding hydrogens is 358 g/mol. The molecule has 0 saturated heterocycles. The zero-order valence-electron chi connectivity index (χ0n) is 16.0. The Balaban J connectivity index is 1.39. The Morgan fingerprint density at radius 1 is 1.07 bits per heavy atom. The van der Waals surface area contributed by atoms with E-state index < -0.39 is 5.97 Å². The number of methoxy groups -OCH3 is 1. The predicted octanol–water partition coefficient (Wildman–Crippen LogP) is 3.20. The van der Waals surface area contributed by atoms with Gasteiger partial charge in [0.1, 0.15) is 0 Å². The van der Waals surface area contributed by atoms with Gasteiger partial charge >= 0.3 is 5.97 Å². The van der Waals surface area contributed by atoms with Gasteiger partial charge in [0.2, 0.25) is 0 Å². The highest BCUT2D eigenvalue weighted by atomic mass is 16.5. The van der Waals surface area contributed by atoms with Gasteiger partial charge < -0.3 is 19.5 Å². The van der Waals surface area contributed by atoms with Crippen LogP contribution in [-0.4, -0.2) is 32.2 Å². The van der Waals surface area contributed by atoms with Crippen LogP contribution in [0.2, 0.25) is 0 Å². The number of aryl methyl sites for hydroxylation is 1. The fourth-order valence-electron chi connectivity index (χ4n) is 3.34. The monoisotopic (exact) mass is 383 g/mol. The molecule has 0 aliphatic heterocycles. The summed E-state index contributed by atoms with van der Waals surface area (Å²) in [7, 11) is 1.56. The van der Waals surface area contributed by atoms with Gasteiger partial charge in [-0.05, 0) is 42.5 Å². The number of carbonyl (C=O) groups is 2. The summed E-state index contributed by atoms with van der Waals surface area (Å²) in [5, 5.41) is 2.96. The van der Waals surface area contributed by atoms with Crippen molar-refractivity contribution in [2.75, 3.05) is 20.3 Å². The van der Waals surface area contributed by atoms with Gasteiger partial charge in [-0.25, -0.2) is 0 Å². The van der Waals surface area contributed by atoms with E-state index in [9.17, 15) is 9.59 Å². The molecule has 0 aromatic heterocycles. The van der Waals surface area contributed by atoms with E-state index in [1.165, 1.54) is 5.56 Å². The Kier molecular flexibility index (Phi) is 6.89. The van der Waals surface area contributed by atoms with Gasteiger partial charge in [-0.1, -0.05) is 36.4 Å². The Bertz CT molecular complexity index is 820. The zero-order chi connectivity index (χ0) is 19.8. The summed E-state index contributed by atoms with van der Waals surface area (Å²) in [6.07, 6.45) is 3.01. The molecule has 28 heavy (non-hydrogen) atoms. The molecule has 1 aliphatic rings. The standard InChI is InChI=1S/C22H25NO5/c1-26-19-11-4-5-12-20(19)27-14-13-22(25)28-15-21(24)23-18-10-6-8-16-7-2-3-9-17(16)18/h2-5,7,9,11-12,18H,6,8,10,13-15H2,1H3,(H,23,24). The predicted molar refractivity (Wildman–Crippen MR) is 104 cm³/mol. The molecule has 1 N–H and O–H groups in total. The van der Waals surface area contributed by atoms with Crippen molar-refractivity contribution in [2.45, 2.75) is 31.7 Å². The lowest BCUT2D eigenvalue weighted by Crippen LogP contribution is -2.34. The van der Waals surface area contributed by atoms with E-state index in [1.807, 2.05) is 30.3 Å². The first-order valence-electron chi connectivity index (χ1n) is 9.46. The van der Waals surface area contributed by atoms with Gasteiger partial charge in [0.05, 0.1) is 26.2 Å². The van der Waals surface area contributed by atoms with E-state index >= 15 is 0 Å². The number of benzene rings is 2. The molecule has 1 amide bonds. The molecule has 2 aromatic rings. The van der Waals surface area contributed by atoms with Crippen molar-refractivity contribution in [3.8, 4) is 11.5 Å². The molecule has 148 valence electrons. The maximum absolute atomic E-state index is 12.2. The maximum atomic E-state index is 12.2. The minimum absolute atomic E-state index is 0.0231. The third kappa shape index (κ3) is 5.25. The highest BCUT2D eigenvalue weighted by molar-refractivity contribution is 5.81. The van der Waals surface area contributed by atoms with E-state index in [0.29, 0.717) is 11.5 Å². The fraction of sp³-hybridized carbons (Fsp3) is 0.364. The molecule has 3 rings (SSSR count). The number of ether oxygens (including phenoxy) is 3. The van der Waals surface area contributed by atoms with Gasteiger partial charge in [-0.3, -0.25) is 9.59 Å². The van der Waals surface area contributed by atoms with Gasteiger partial charge in [0, 0.05) is 0 Å². The molecule has 0 heterocycles. The molecule has 1 atom stereocenters. The number of nitrogens with one attached hydrogen (secondary N) is 1. The molecule has 1 aliphatic carbocycles. The van der Waals surface area contributed by atoms with Crippen LogP contribution in [0.5, 0.6) is 11.5 Å². The number of esters is 1. The molecule has 0 spiro atoms. The number of amides is 1. The molecule has 2 aromatic carbocycles. The van der Waals surface area contributed by atoms with Crippen LogP contribution in [0.1, 0.15) is 36.4 Å². The van der Waals surface area contributed by atoms with Crippen LogP contribution in [0, 0.1) is 0 Å². The smallest absolute Gasteiger partial charge is 0.309 e. The maximum Gasteiger partial charge on any atom is 0.309 e. The summed E-state index contributed by atoms with van der Waals surface area (Å²) in [6.45, 7) is -0.136. The van der Waals surface area contributed by atoms with Crippen molar-refractivity contribution in [3.63, 3.8) is 0 Å². The topological polar surface area (TPSA) is 73.9 Å². The summed E-state index contributed by atoms with van der Waals surface area (Å²) in [5.41, 5.74) is 2.42. The van der Waals surface area contributed by atoms with Crippen LogP contribution in [-0.2, 0) is 20.7 Å². The molecule has 1 unspecified atom stereocenters. The average Bonchev–Trinajstić information content (AvgIpc) is 2.73. The average molecular weight is 383 g/mol. The lowest BCUT2D eigenvalue weighted by molar-refractivity contribution is -0.149. The third-order valence-electron chi connectivity index (χ3n) is 4.70. The largest absolute Gasteiger partial charge is 0.493 e. The first-order chi connectivity index (χ1) is 13.7. The summed E-state index contributed by atoms with van der Waals surface area (Å²) in [4.78, 5) is 24.0. The van der Waals surface area contributed by atoms with E-state index in [-0.39, 0.29) is 31.6 Å². The third-order valence-corrected chi connectivity index (χ3v) is 4.70. The quantitative estimate of drug-likeness (QED) is 0.709. The Labute approximate surface area is 164 Å². The van der Waals surface area contributed by atoms with Crippen molar-refractivity contribution in [3.05, 3.63) is 59.7 Å². The molecule has 0 bridgehead atoms. The van der Waals surface area contributed by atoms with Crippen LogP contribution in [0.15, 0.2) is 48.5 Å². The Morgan fingerprint density at radius 2 is 1.82 bits per heavy atom. The summed E-state index contributed by atoms with van der Waals surface area (Å²) in [5.74, 6) is 0.393. The second-order valence-electron chi connectivity index (χ2n) is 6.62. The minimum atomic E-state index is -0.478. The van der Waals surface area contributed by atoms with Crippen LogP contribution in [0.25, 0.3) is 0 Å².